The van der Waals surface area contributed by atoms with Crippen molar-refractivity contribution in [2.75, 3.05) is 6.61 Å². The lowest BCUT2D eigenvalue weighted by Gasteiger charge is -2.17. The number of alkyl halides is 3. The summed E-state index contributed by atoms with van der Waals surface area (Å²) in [6.07, 6.45) is 3.36. The summed E-state index contributed by atoms with van der Waals surface area (Å²) < 4.78 is 74.8. The molecule has 0 radical (unpaired) electrons. The highest BCUT2D eigenvalue weighted by atomic mass is 79.9. The zero-order valence-corrected chi connectivity index (χ0v) is 22.8. The van der Waals surface area contributed by atoms with Gasteiger partial charge in [-0.2, -0.15) is 26.6 Å². The first kappa shape index (κ1) is 26.1. The number of para-hydroxylation sites is 1. The van der Waals surface area contributed by atoms with E-state index in [1.165, 1.54) is 6.20 Å². The van der Waals surface area contributed by atoms with Gasteiger partial charge in [0.25, 0.3) is 0 Å². The van der Waals surface area contributed by atoms with Crippen LogP contribution < -0.4 is 4.18 Å². The number of rotatable bonds is 7. The van der Waals surface area contributed by atoms with Gasteiger partial charge in [-0.1, -0.05) is 31.8 Å². The normalized spacial score (nSPS) is 14.5. The van der Waals surface area contributed by atoms with Crippen LogP contribution in [0.4, 0.5) is 13.2 Å². The fourth-order valence-corrected chi connectivity index (χ4v) is 5.75. The summed E-state index contributed by atoms with van der Waals surface area (Å²) >= 11 is 3.62. The van der Waals surface area contributed by atoms with E-state index in [2.05, 4.69) is 54.3 Å². The molecule has 4 rings (SSSR count). The van der Waals surface area contributed by atoms with Gasteiger partial charge in [0, 0.05) is 42.0 Å². The Hall–Kier alpha value is -1.96. The van der Waals surface area contributed by atoms with Crippen molar-refractivity contribution in [1.82, 2.24) is 14.5 Å². The average Bonchev–Trinajstić information content (AvgIpc) is 2.92. The Kier molecular flexibility index (Phi) is 7.08. The van der Waals surface area contributed by atoms with Crippen LogP contribution >= 0.6 is 15.9 Å². The fourth-order valence-electron chi connectivity index (χ4n) is 4.04. The van der Waals surface area contributed by atoms with E-state index in [9.17, 15) is 21.6 Å². The van der Waals surface area contributed by atoms with Crippen molar-refractivity contribution in [3.63, 3.8) is 0 Å². The number of nitrogens with zero attached hydrogens (tertiary/aromatic N) is 3. The molecule has 2 aromatic heterocycles. The Bertz CT molecular complexity index is 1370. The number of benzene rings is 1. The smallest absolute Gasteiger partial charge is 0.361 e. The van der Waals surface area contributed by atoms with Crippen molar-refractivity contribution < 1.29 is 30.5 Å². The molecule has 0 amide bonds. The highest BCUT2D eigenvalue weighted by Gasteiger charge is 2.49. The zero-order chi connectivity index (χ0) is 25.6. The van der Waals surface area contributed by atoms with E-state index in [0.29, 0.717) is 37.4 Å². The maximum atomic E-state index is 12.9. The molecule has 0 aliphatic heterocycles. The molecular formula is C22H25BrF3N3O4SSi. The van der Waals surface area contributed by atoms with Crippen LogP contribution in [0.5, 0.6) is 6.01 Å². The van der Waals surface area contributed by atoms with E-state index in [4.69, 9.17) is 4.74 Å². The molecular weight excluding hydrogens is 567 g/mol. The third-order valence-corrected chi connectivity index (χ3v) is 9.04. The largest absolute Gasteiger partial charge is 0.534 e. The Labute approximate surface area is 210 Å². The maximum absolute atomic E-state index is 12.9. The van der Waals surface area contributed by atoms with Crippen molar-refractivity contribution in [2.24, 2.45) is 0 Å². The molecule has 1 aliphatic carbocycles. The first-order valence-electron chi connectivity index (χ1n) is 11.0. The third kappa shape index (κ3) is 5.42. The van der Waals surface area contributed by atoms with Gasteiger partial charge >= 0.3 is 21.6 Å². The second kappa shape index (κ2) is 9.49. The van der Waals surface area contributed by atoms with E-state index in [-0.39, 0.29) is 0 Å². The maximum Gasteiger partial charge on any atom is 0.534 e. The molecule has 190 valence electrons. The molecule has 0 saturated carbocycles. The number of halogens is 4. The number of fused-ring (bicyclic) bond motifs is 5. The summed E-state index contributed by atoms with van der Waals surface area (Å²) in [7, 11) is -7.16. The Morgan fingerprint density at radius 2 is 1.94 bits per heavy atom. The minimum atomic E-state index is -5.89. The topological polar surface area (TPSA) is 83.3 Å². The molecule has 0 unspecified atom stereocenters. The summed E-state index contributed by atoms with van der Waals surface area (Å²) in [5.41, 5.74) is -1.99. The molecule has 13 heteroatoms. The quantitative estimate of drug-likeness (QED) is 0.147. The minimum absolute atomic E-state index is 0.311. The summed E-state index contributed by atoms with van der Waals surface area (Å²) in [5, 5.41) is 0.828. The van der Waals surface area contributed by atoms with Crippen molar-refractivity contribution in [1.29, 1.82) is 0 Å². The summed E-state index contributed by atoms with van der Waals surface area (Å²) in [6, 6.07) is 5.82. The molecule has 1 aromatic carbocycles. The second-order valence-corrected chi connectivity index (χ2v) is 17.6. The molecule has 3 aromatic rings. The lowest BCUT2D eigenvalue weighted by atomic mass is 10.0. The van der Waals surface area contributed by atoms with E-state index in [1.807, 2.05) is 18.2 Å². The molecule has 0 fully saturated rings. The van der Waals surface area contributed by atoms with Crippen LogP contribution in [-0.2, 0) is 34.4 Å². The van der Waals surface area contributed by atoms with Crippen molar-refractivity contribution in [3.8, 4) is 17.3 Å². The van der Waals surface area contributed by atoms with E-state index >= 15 is 0 Å². The molecule has 7 nitrogen and oxygen atoms in total. The van der Waals surface area contributed by atoms with Crippen LogP contribution in [-0.4, -0.2) is 43.1 Å². The number of aromatic nitrogens is 3. The molecule has 0 spiro atoms. The first-order chi connectivity index (χ1) is 16.3. The van der Waals surface area contributed by atoms with Crippen molar-refractivity contribution in [2.45, 2.75) is 57.2 Å². The predicted octanol–water partition coefficient (Wildman–Crippen LogP) is 5.89. The third-order valence-electron chi connectivity index (χ3n) is 5.76. The van der Waals surface area contributed by atoms with E-state index in [1.54, 1.807) is 0 Å². The van der Waals surface area contributed by atoms with Gasteiger partial charge in [-0.05, 0) is 52.9 Å². The van der Waals surface area contributed by atoms with Gasteiger partial charge in [0.05, 0.1) is 11.2 Å². The summed E-state index contributed by atoms with van der Waals surface area (Å²) in [6.45, 7) is 7.77. The van der Waals surface area contributed by atoms with E-state index < -0.39 is 29.7 Å². The Balaban J connectivity index is 1.81. The van der Waals surface area contributed by atoms with Gasteiger partial charge < -0.3 is 13.5 Å². The van der Waals surface area contributed by atoms with Crippen LogP contribution in [0.3, 0.4) is 0 Å². The zero-order valence-electron chi connectivity index (χ0n) is 19.4. The number of ether oxygens (including phenoxy) is 1. The molecule has 0 atom stereocenters. The molecule has 1 aliphatic rings. The summed E-state index contributed by atoms with van der Waals surface area (Å²) in [4.78, 5) is 7.90. The predicted molar refractivity (Wildman–Crippen MR) is 132 cm³/mol. The van der Waals surface area contributed by atoms with Crippen molar-refractivity contribution in [3.05, 3.63) is 40.1 Å². The SMILES string of the molecule is C[Si](C)(C)CCOCn1c2c(c3cccc(Br)c31)-c1nc(OS(=O)(=O)C(F)(F)F)ncc1CCC2. The van der Waals surface area contributed by atoms with E-state index in [0.717, 1.165) is 39.1 Å². The van der Waals surface area contributed by atoms with Gasteiger partial charge in [-0.25, -0.2) is 4.98 Å². The van der Waals surface area contributed by atoms with Crippen LogP contribution in [0.1, 0.15) is 17.7 Å². The van der Waals surface area contributed by atoms with Crippen LogP contribution in [0.25, 0.3) is 22.2 Å². The molecule has 2 heterocycles. The van der Waals surface area contributed by atoms with Gasteiger partial charge in [-0.15, -0.1) is 0 Å². The van der Waals surface area contributed by atoms with Gasteiger partial charge in [0.15, 0.2) is 0 Å². The van der Waals surface area contributed by atoms with Crippen LogP contribution in [0, 0.1) is 0 Å². The van der Waals surface area contributed by atoms with Crippen molar-refractivity contribution >= 4 is 45.0 Å². The highest BCUT2D eigenvalue weighted by Crippen LogP contribution is 2.42. The molecule has 35 heavy (non-hydrogen) atoms. The second-order valence-electron chi connectivity index (χ2n) is 9.60. The molecule has 0 saturated heterocycles. The standard InChI is InChI=1S/C22H25BrF3N3O4SSi/c1-35(2,3)11-10-32-13-29-17-9-4-6-14-12-27-21(33-34(30,31)22(24,25)26)28-19(14)18(17)15-7-5-8-16(23)20(15)29/h5,7-8,12H,4,6,9-11,13H2,1-3H3. The van der Waals surface area contributed by atoms with Gasteiger partial charge in [-0.3, -0.25) is 0 Å². The monoisotopic (exact) mass is 591 g/mol. The molecule has 0 N–H and O–H groups in total. The minimum Gasteiger partial charge on any atom is -0.361 e. The average molecular weight is 593 g/mol. The Morgan fingerprint density at radius 1 is 1.20 bits per heavy atom. The lowest BCUT2D eigenvalue weighted by molar-refractivity contribution is -0.0502. The first-order valence-corrected chi connectivity index (χ1v) is 16.9. The molecule has 0 bridgehead atoms. The Morgan fingerprint density at radius 3 is 2.63 bits per heavy atom. The lowest BCUT2D eigenvalue weighted by Crippen LogP contribution is -2.28. The number of aryl methyl sites for hydroxylation is 1. The highest BCUT2D eigenvalue weighted by molar-refractivity contribution is 9.10. The van der Waals surface area contributed by atoms with Gasteiger partial charge in [0.1, 0.15) is 6.73 Å². The fraction of sp³-hybridized carbons (Fsp3) is 0.455. The number of hydrogen-bond donors (Lipinski definition) is 0. The van der Waals surface area contributed by atoms with Crippen LogP contribution in [0.15, 0.2) is 28.9 Å². The van der Waals surface area contributed by atoms with Crippen LogP contribution in [0.2, 0.25) is 25.7 Å². The van der Waals surface area contributed by atoms with Gasteiger partial charge in [0.2, 0.25) is 0 Å². The number of hydrogen-bond acceptors (Lipinski definition) is 6. The summed E-state index contributed by atoms with van der Waals surface area (Å²) in [5.74, 6) is 0.